The van der Waals surface area contributed by atoms with Crippen molar-refractivity contribution >= 4 is 6.09 Å². The van der Waals surface area contributed by atoms with Crippen molar-refractivity contribution in [2.24, 2.45) is 0 Å². The Labute approximate surface area is 171 Å². The minimum Gasteiger partial charge on any atom is -0.448 e. The van der Waals surface area contributed by atoms with Gasteiger partial charge in [-0.05, 0) is 34.2 Å². The lowest BCUT2D eigenvalue weighted by Crippen LogP contribution is -2.36. The van der Waals surface area contributed by atoms with E-state index in [1.807, 2.05) is 54.6 Å². The first kappa shape index (κ1) is 19.2. The van der Waals surface area contributed by atoms with Crippen LogP contribution in [0.2, 0.25) is 0 Å². The van der Waals surface area contributed by atoms with E-state index in [1.54, 1.807) is 4.90 Å². The van der Waals surface area contributed by atoms with Crippen LogP contribution < -0.4 is 0 Å². The molecule has 0 unspecified atom stereocenters. The highest BCUT2D eigenvalue weighted by atomic mass is 16.6. The SMILES string of the molecule is O=C(OCC1c2ccccc2-c2ccccc21)N(CCO)CCc1ccccc1. The standard InChI is InChI=1S/C25H25NO3/c27-17-16-26(15-14-19-8-2-1-3-9-19)25(28)29-18-24-22-12-6-4-10-20(22)21-11-5-7-13-23(21)24/h1-13,24,27H,14-18H2. The summed E-state index contributed by atoms with van der Waals surface area (Å²) in [5.74, 6) is 0.0384. The third kappa shape index (κ3) is 4.17. The molecule has 4 heteroatoms. The zero-order valence-electron chi connectivity index (χ0n) is 16.3. The quantitative estimate of drug-likeness (QED) is 0.651. The summed E-state index contributed by atoms with van der Waals surface area (Å²) in [6.45, 7) is 0.990. The van der Waals surface area contributed by atoms with E-state index in [9.17, 15) is 9.90 Å². The first-order chi connectivity index (χ1) is 14.3. The van der Waals surface area contributed by atoms with Gasteiger partial charge in [-0.3, -0.25) is 0 Å². The average Bonchev–Trinajstić information content (AvgIpc) is 3.09. The summed E-state index contributed by atoms with van der Waals surface area (Å²) >= 11 is 0. The van der Waals surface area contributed by atoms with Gasteiger partial charge in [0.2, 0.25) is 0 Å². The van der Waals surface area contributed by atoms with Gasteiger partial charge in [0.1, 0.15) is 6.61 Å². The summed E-state index contributed by atoms with van der Waals surface area (Å²) in [4.78, 5) is 14.3. The van der Waals surface area contributed by atoms with E-state index in [0.29, 0.717) is 13.2 Å². The molecule has 0 saturated heterocycles. The molecule has 0 atom stereocenters. The molecule has 0 bridgehead atoms. The fourth-order valence-electron chi connectivity index (χ4n) is 4.01. The second-order valence-corrected chi connectivity index (χ2v) is 7.25. The highest BCUT2D eigenvalue weighted by Gasteiger charge is 2.29. The second-order valence-electron chi connectivity index (χ2n) is 7.25. The second kappa shape index (κ2) is 8.93. The van der Waals surface area contributed by atoms with E-state index in [-0.39, 0.29) is 25.2 Å². The van der Waals surface area contributed by atoms with Crippen molar-refractivity contribution in [1.82, 2.24) is 4.90 Å². The van der Waals surface area contributed by atoms with Crippen molar-refractivity contribution in [1.29, 1.82) is 0 Å². The molecular weight excluding hydrogens is 362 g/mol. The fourth-order valence-corrected chi connectivity index (χ4v) is 4.01. The lowest BCUT2D eigenvalue weighted by molar-refractivity contribution is 0.0923. The predicted molar refractivity (Wildman–Crippen MR) is 114 cm³/mol. The van der Waals surface area contributed by atoms with E-state index in [0.717, 1.165) is 12.0 Å². The smallest absolute Gasteiger partial charge is 0.409 e. The van der Waals surface area contributed by atoms with Gasteiger partial charge in [0, 0.05) is 19.0 Å². The summed E-state index contributed by atoms with van der Waals surface area (Å²) in [6.07, 6.45) is 0.349. The van der Waals surface area contributed by atoms with Crippen molar-refractivity contribution in [3.05, 3.63) is 95.6 Å². The lowest BCUT2D eigenvalue weighted by atomic mass is 9.98. The number of nitrogens with zero attached hydrogens (tertiary/aromatic N) is 1. The van der Waals surface area contributed by atoms with E-state index >= 15 is 0 Å². The van der Waals surface area contributed by atoms with Gasteiger partial charge in [-0.25, -0.2) is 4.79 Å². The number of carbonyl (C=O) groups is 1. The molecule has 0 radical (unpaired) electrons. The molecule has 1 aliphatic carbocycles. The van der Waals surface area contributed by atoms with Gasteiger partial charge in [0.05, 0.1) is 6.61 Å². The molecule has 0 saturated carbocycles. The lowest BCUT2D eigenvalue weighted by Gasteiger charge is -2.23. The predicted octanol–water partition coefficient (Wildman–Crippen LogP) is 4.47. The number of hydrogen-bond donors (Lipinski definition) is 1. The van der Waals surface area contributed by atoms with Crippen molar-refractivity contribution in [2.45, 2.75) is 12.3 Å². The normalized spacial score (nSPS) is 12.3. The molecule has 3 aromatic carbocycles. The molecule has 0 aliphatic heterocycles. The zero-order chi connectivity index (χ0) is 20.1. The number of aliphatic hydroxyl groups excluding tert-OH is 1. The number of hydrogen-bond acceptors (Lipinski definition) is 3. The Kier molecular flexibility index (Phi) is 5.92. The Balaban J connectivity index is 1.44. The number of amides is 1. The molecule has 1 N–H and O–H groups in total. The van der Waals surface area contributed by atoms with Crippen LogP contribution in [0, 0.1) is 0 Å². The Morgan fingerprint density at radius 3 is 2.03 bits per heavy atom. The highest BCUT2D eigenvalue weighted by molar-refractivity contribution is 5.79. The van der Waals surface area contributed by atoms with Crippen molar-refractivity contribution < 1.29 is 14.6 Å². The van der Waals surface area contributed by atoms with Crippen molar-refractivity contribution in [3.63, 3.8) is 0 Å². The summed E-state index contributed by atoms with van der Waals surface area (Å²) in [6, 6.07) is 26.6. The summed E-state index contributed by atoms with van der Waals surface area (Å²) in [5, 5.41) is 9.37. The average molecular weight is 387 g/mol. The van der Waals surface area contributed by atoms with Crippen LogP contribution in [-0.2, 0) is 11.2 Å². The van der Waals surface area contributed by atoms with Crippen LogP contribution in [0.25, 0.3) is 11.1 Å². The molecule has 0 heterocycles. The molecule has 0 fully saturated rings. The van der Waals surface area contributed by atoms with Crippen LogP contribution in [0.3, 0.4) is 0 Å². The molecule has 0 aromatic heterocycles. The van der Waals surface area contributed by atoms with Gasteiger partial charge in [-0.1, -0.05) is 78.9 Å². The summed E-state index contributed by atoms with van der Waals surface area (Å²) in [5.41, 5.74) is 5.96. The number of ether oxygens (including phenoxy) is 1. The first-order valence-electron chi connectivity index (χ1n) is 10.0. The minimum absolute atomic E-state index is 0.0384. The Hall–Kier alpha value is -3.11. The van der Waals surface area contributed by atoms with Gasteiger partial charge in [0.15, 0.2) is 0 Å². The minimum atomic E-state index is -0.378. The first-order valence-corrected chi connectivity index (χ1v) is 10.0. The monoisotopic (exact) mass is 387 g/mol. The maximum Gasteiger partial charge on any atom is 0.409 e. The topological polar surface area (TPSA) is 49.8 Å². The summed E-state index contributed by atoms with van der Waals surface area (Å²) in [7, 11) is 0. The maximum atomic E-state index is 12.7. The van der Waals surface area contributed by atoms with Gasteiger partial charge >= 0.3 is 6.09 Å². The Morgan fingerprint density at radius 2 is 1.41 bits per heavy atom. The maximum absolute atomic E-state index is 12.7. The van der Waals surface area contributed by atoms with Crippen LogP contribution in [0.4, 0.5) is 4.79 Å². The van der Waals surface area contributed by atoms with Gasteiger partial charge in [-0.15, -0.1) is 0 Å². The molecular formula is C25H25NO3. The third-order valence-corrected chi connectivity index (χ3v) is 5.48. The van der Waals surface area contributed by atoms with Gasteiger partial charge in [0.25, 0.3) is 0 Å². The number of fused-ring (bicyclic) bond motifs is 3. The van der Waals surface area contributed by atoms with Crippen LogP contribution in [-0.4, -0.2) is 42.4 Å². The molecule has 1 amide bonds. The van der Waals surface area contributed by atoms with E-state index in [2.05, 4.69) is 24.3 Å². The zero-order valence-corrected chi connectivity index (χ0v) is 16.3. The van der Waals surface area contributed by atoms with Crippen molar-refractivity contribution in [2.75, 3.05) is 26.3 Å². The molecule has 4 nitrogen and oxygen atoms in total. The Morgan fingerprint density at radius 1 is 0.828 bits per heavy atom. The van der Waals surface area contributed by atoms with Crippen LogP contribution in [0.15, 0.2) is 78.9 Å². The number of benzene rings is 3. The van der Waals surface area contributed by atoms with Crippen molar-refractivity contribution in [3.8, 4) is 11.1 Å². The molecule has 1 aliphatic rings. The van der Waals surface area contributed by atoms with Crippen LogP contribution >= 0.6 is 0 Å². The van der Waals surface area contributed by atoms with E-state index < -0.39 is 0 Å². The number of carbonyl (C=O) groups excluding carboxylic acids is 1. The van der Waals surface area contributed by atoms with E-state index in [4.69, 9.17) is 4.74 Å². The van der Waals surface area contributed by atoms with Crippen LogP contribution in [0.5, 0.6) is 0 Å². The molecule has 29 heavy (non-hydrogen) atoms. The van der Waals surface area contributed by atoms with Crippen LogP contribution in [0.1, 0.15) is 22.6 Å². The summed E-state index contributed by atoms with van der Waals surface area (Å²) < 4.78 is 5.72. The van der Waals surface area contributed by atoms with Gasteiger partial charge < -0.3 is 14.7 Å². The third-order valence-electron chi connectivity index (χ3n) is 5.48. The molecule has 4 rings (SSSR count). The van der Waals surface area contributed by atoms with Gasteiger partial charge in [-0.2, -0.15) is 0 Å². The largest absolute Gasteiger partial charge is 0.448 e. The molecule has 3 aromatic rings. The molecule has 0 spiro atoms. The fraction of sp³-hybridized carbons (Fsp3) is 0.240. The Bertz CT molecular complexity index is 925. The number of aliphatic hydroxyl groups is 1. The number of rotatable bonds is 7. The van der Waals surface area contributed by atoms with E-state index in [1.165, 1.54) is 22.3 Å². The highest BCUT2D eigenvalue weighted by Crippen LogP contribution is 2.44. The molecule has 148 valence electrons.